The fraction of sp³-hybridized carbons (Fsp3) is 0.562. The number of piperidine rings is 1. The summed E-state index contributed by atoms with van der Waals surface area (Å²) in [6.45, 7) is 1.06. The fourth-order valence-corrected chi connectivity index (χ4v) is 4.34. The molecule has 0 aliphatic carbocycles. The number of amides is 1. The van der Waals surface area contributed by atoms with Gasteiger partial charge < -0.3 is 19.5 Å². The Morgan fingerprint density at radius 1 is 1.28 bits per heavy atom. The number of hydrogen-bond donors (Lipinski definition) is 1. The van der Waals surface area contributed by atoms with Crippen LogP contribution in [0.4, 0.5) is 5.69 Å². The second-order valence-electron chi connectivity index (χ2n) is 6.04. The summed E-state index contributed by atoms with van der Waals surface area (Å²) < 4.78 is 41.1. The SMILES string of the molecule is COCCS(=O)(=O)N1CCC(C(=O)Nc2ccc3c(c2)OCO3)CC1. The Balaban J connectivity index is 1.53. The van der Waals surface area contributed by atoms with Crippen molar-refractivity contribution in [1.82, 2.24) is 4.31 Å². The first-order valence-electron chi connectivity index (χ1n) is 8.17. The van der Waals surface area contributed by atoms with Crippen LogP contribution in [0.1, 0.15) is 12.8 Å². The predicted molar refractivity (Wildman–Crippen MR) is 91.2 cm³/mol. The van der Waals surface area contributed by atoms with Crippen LogP contribution in [-0.4, -0.2) is 58.0 Å². The van der Waals surface area contributed by atoms with E-state index in [1.807, 2.05) is 0 Å². The maximum atomic E-state index is 12.4. The molecule has 0 spiro atoms. The lowest BCUT2D eigenvalue weighted by Gasteiger charge is -2.30. The van der Waals surface area contributed by atoms with Crippen LogP contribution >= 0.6 is 0 Å². The van der Waals surface area contributed by atoms with Gasteiger partial charge in [0.2, 0.25) is 22.7 Å². The number of ether oxygens (including phenoxy) is 3. The molecule has 1 aromatic carbocycles. The topological polar surface area (TPSA) is 94.2 Å². The summed E-state index contributed by atoms with van der Waals surface area (Å²) >= 11 is 0. The van der Waals surface area contributed by atoms with Gasteiger partial charge in [0.1, 0.15) is 0 Å². The summed E-state index contributed by atoms with van der Waals surface area (Å²) in [4.78, 5) is 12.4. The number of anilines is 1. The standard InChI is InChI=1S/C16H22N2O6S/c1-22-8-9-25(20,21)18-6-4-12(5-7-18)16(19)17-13-2-3-14-15(10-13)24-11-23-14/h2-3,10,12H,4-9,11H2,1H3,(H,17,19). The minimum atomic E-state index is -3.31. The number of hydrogen-bond acceptors (Lipinski definition) is 6. The second kappa shape index (κ2) is 7.59. The van der Waals surface area contributed by atoms with Crippen molar-refractivity contribution in [2.24, 2.45) is 5.92 Å². The molecule has 0 radical (unpaired) electrons. The highest BCUT2D eigenvalue weighted by Gasteiger charge is 2.31. The van der Waals surface area contributed by atoms with Crippen LogP contribution in [0.25, 0.3) is 0 Å². The lowest BCUT2D eigenvalue weighted by Crippen LogP contribution is -2.42. The minimum Gasteiger partial charge on any atom is -0.454 e. The summed E-state index contributed by atoms with van der Waals surface area (Å²) in [7, 11) is -1.84. The number of sulfonamides is 1. The Labute approximate surface area is 147 Å². The molecule has 1 aromatic rings. The van der Waals surface area contributed by atoms with E-state index >= 15 is 0 Å². The molecule has 0 aromatic heterocycles. The average molecular weight is 370 g/mol. The summed E-state index contributed by atoms with van der Waals surface area (Å²) in [6.07, 6.45) is 1.01. The predicted octanol–water partition coefficient (Wildman–Crippen LogP) is 1.04. The highest BCUT2D eigenvalue weighted by atomic mass is 32.2. The smallest absolute Gasteiger partial charge is 0.231 e. The van der Waals surface area contributed by atoms with Gasteiger partial charge in [0.15, 0.2) is 11.5 Å². The molecular weight excluding hydrogens is 348 g/mol. The van der Waals surface area contributed by atoms with Crippen LogP contribution in [0, 0.1) is 5.92 Å². The largest absolute Gasteiger partial charge is 0.454 e. The Bertz CT molecular complexity index is 728. The zero-order valence-corrected chi connectivity index (χ0v) is 14.9. The van der Waals surface area contributed by atoms with Gasteiger partial charge in [-0.3, -0.25) is 4.79 Å². The van der Waals surface area contributed by atoms with Crippen LogP contribution in [0.15, 0.2) is 18.2 Å². The molecule has 2 heterocycles. The van der Waals surface area contributed by atoms with Crippen molar-refractivity contribution in [2.75, 3.05) is 44.7 Å². The van der Waals surface area contributed by atoms with Crippen LogP contribution in [-0.2, 0) is 19.6 Å². The molecule has 0 atom stereocenters. The molecule has 1 amide bonds. The zero-order valence-electron chi connectivity index (χ0n) is 14.1. The van der Waals surface area contributed by atoms with E-state index in [9.17, 15) is 13.2 Å². The van der Waals surface area contributed by atoms with Crippen molar-refractivity contribution in [3.05, 3.63) is 18.2 Å². The minimum absolute atomic E-state index is 0.0302. The van der Waals surface area contributed by atoms with E-state index in [0.29, 0.717) is 43.1 Å². The van der Waals surface area contributed by atoms with Crippen molar-refractivity contribution in [3.63, 3.8) is 0 Å². The molecule has 0 bridgehead atoms. The number of rotatable bonds is 6. The first-order chi connectivity index (χ1) is 12.0. The number of benzene rings is 1. The van der Waals surface area contributed by atoms with Gasteiger partial charge in [-0.05, 0) is 25.0 Å². The first kappa shape index (κ1) is 18.0. The molecule has 3 rings (SSSR count). The number of nitrogens with zero attached hydrogens (tertiary/aromatic N) is 1. The van der Waals surface area contributed by atoms with Gasteiger partial charge in [0.05, 0.1) is 12.4 Å². The summed E-state index contributed by atoms with van der Waals surface area (Å²) in [5.41, 5.74) is 0.643. The van der Waals surface area contributed by atoms with Crippen molar-refractivity contribution in [2.45, 2.75) is 12.8 Å². The summed E-state index contributed by atoms with van der Waals surface area (Å²) in [5, 5.41) is 2.87. The van der Waals surface area contributed by atoms with E-state index < -0.39 is 10.0 Å². The highest BCUT2D eigenvalue weighted by Crippen LogP contribution is 2.34. The first-order valence-corrected chi connectivity index (χ1v) is 9.78. The highest BCUT2D eigenvalue weighted by molar-refractivity contribution is 7.89. The third kappa shape index (κ3) is 4.23. The number of carbonyl (C=O) groups is 1. The van der Waals surface area contributed by atoms with E-state index in [0.717, 1.165) is 0 Å². The maximum absolute atomic E-state index is 12.4. The van der Waals surface area contributed by atoms with Crippen LogP contribution in [0.3, 0.4) is 0 Å². The third-order valence-corrected chi connectivity index (χ3v) is 6.24. The van der Waals surface area contributed by atoms with Gasteiger partial charge in [0.25, 0.3) is 0 Å². The molecule has 138 valence electrons. The normalized spacial score (nSPS) is 18.3. The maximum Gasteiger partial charge on any atom is 0.231 e. The van der Waals surface area contributed by atoms with E-state index in [-0.39, 0.29) is 31.0 Å². The van der Waals surface area contributed by atoms with Gasteiger partial charge in [-0.2, -0.15) is 0 Å². The number of fused-ring (bicyclic) bond motifs is 1. The summed E-state index contributed by atoms with van der Waals surface area (Å²) in [5.74, 6) is 0.925. The van der Waals surface area contributed by atoms with Crippen molar-refractivity contribution < 1.29 is 27.4 Å². The van der Waals surface area contributed by atoms with Crippen molar-refractivity contribution in [3.8, 4) is 11.5 Å². The van der Waals surface area contributed by atoms with Crippen LogP contribution in [0.5, 0.6) is 11.5 Å². The van der Waals surface area contributed by atoms with E-state index in [4.69, 9.17) is 14.2 Å². The quantitative estimate of drug-likeness (QED) is 0.804. The molecule has 9 heteroatoms. The molecule has 2 aliphatic heterocycles. The lowest BCUT2D eigenvalue weighted by atomic mass is 9.97. The molecule has 0 saturated carbocycles. The fourth-order valence-electron chi connectivity index (χ4n) is 2.93. The van der Waals surface area contributed by atoms with Gasteiger partial charge in [-0.1, -0.05) is 0 Å². The number of nitrogens with one attached hydrogen (secondary N) is 1. The lowest BCUT2D eigenvalue weighted by molar-refractivity contribution is -0.120. The molecule has 1 saturated heterocycles. The average Bonchev–Trinajstić information content (AvgIpc) is 3.08. The van der Waals surface area contributed by atoms with E-state index in [1.165, 1.54) is 11.4 Å². The molecule has 8 nitrogen and oxygen atoms in total. The molecule has 25 heavy (non-hydrogen) atoms. The number of carbonyl (C=O) groups excluding carboxylic acids is 1. The number of methoxy groups -OCH3 is 1. The van der Waals surface area contributed by atoms with Gasteiger partial charge >= 0.3 is 0 Å². The second-order valence-corrected chi connectivity index (χ2v) is 8.13. The van der Waals surface area contributed by atoms with Gasteiger partial charge in [-0.15, -0.1) is 0 Å². The van der Waals surface area contributed by atoms with Gasteiger partial charge in [0, 0.05) is 37.9 Å². The third-order valence-electron chi connectivity index (χ3n) is 4.40. The van der Waals surface area contributed by atoms with Gasteiger partial charge in [-0.25, -0.2) is 12.7 Å². The van der Waals surface area contributed by atoms with Crippen molar-refractivity contribution >= 4 is 21.6 Å². The Morgan fingerprint density at radius 2 is 2.00 bits per heavy atom. The Kier molecular flexibility index (Phi) is 5.45. The molecule has 1 N–H and O–H groups in total. The van der Waals surface area contributed by atoms with E-state index in [2.05, 4.69) is 5.32 Å². The molecule has 2 aliphatic rings. The molecule has 1 fully saturated rings. The Hall–Kier alpha value is -1.84. The summed E-state index contributed by atoms with van der Waals surface area (Å²) in [6, 6.07) is 5.24. The Morgan fingerprint density at radius 3 is 2.72 bits per heavy atom. The zero-order chi connectivity index (χ0) is 17.9. The van der Waals surface area contributed by atoms with E-state index in [1.54, 1.807) is 18.2 Å². The van der Waals surface area contributed by atoms with Crippen LogP contribution < -0.4 is 14.8 Å². The van der Waals surface area contributed by atoms with Crippen molar-refractivity contribution in [1.29, 1.82) is 0 Å². The van der Waals surface area contributed by atoms with Crippen LogP contribution in [0.2, 0.25) is 0 Å². The molecular formula is C16H22N2O6S. The monoisotopic (exact) mass is 370 g/mol. The molecule has 0 unspecified atom stereocenters.